The van der Waals surface area contributed by atoms with Gasteiger partial charge in [-0.05, 0) is 54.8 Å². The molecule has 1 saturated carbocycles. The molecule has 0 saturated heterocycles. The molecule has 0 aromatic heterocycles. The average molecular weight is 386 g/mol. The lowest BCUT2D eigenvalue weighted by Crippen LogP contribution is -2.44. The second-order valence-corrected chi connectivity index (χ2v) is 7.14. The van der Waals surface area contributed by atoms with Gasteiger partial charge in [-0.3, -0.25) is 14.4 Å². The Hall–Kier alpha value is -2.66. The molecule has 1 amide bonds. The molecule has 6 heteroatoms. The van der Waals surface area contributed by atoms with Crippen molar-refractivity contribution in [2.75, 3.05) is 11.9 Å². The van der Waals surface area contributed by atoms with Crippen LogP contribution in [0.3, 0.4) is 0 Å². The second kappa shape index (κ2) is 7.92. The molecule has 1 fully saturated rings. The lowest BCUT2D eigenvalue weighted by atomic mass is 9.64. The van der Waals surface area contributed by atoms with Gasteiger partial charge < -0.3 is 10.1 Å². The fourth-order valence-electron chi connectivity index (χ4n) is 3.21. The Balaban J connectivity index is 1.63. The van der Waals surface area contributed by atoms with Gasteiger partial charge in [0.1, 0.15) is 0 Å². The zero-order valence-corrected chi connectivity index (χ0v) is 15.7. The van der Waals surface area contributed by atoms with E-state index < -0.39 is 5.41 Å². The van der Waals surface area contributed by atoms with E-state index in [1.807, 2.05) is 12.1 Å². The number of carbonyl (C=O) groups is 3. The zero-order chi connectivity index (χ0) is 19.4. The van der Waals surface area contributed by atoms with E-state index in [4.69, 9.17) is 16.3 Å². The van der Waals surface area contributed by atoms with Crippen molar-refractivity contribution in [1.29, 1.82) is 0 Å². The first-order chi connectivity index (χ1) is 12.9. The Morgan fingerprint density at radius 1 is 1.04 bits per heavy atom. The first kappa shape index (κ1) is 19.1. The fraction of sp³-hybridized carbons (Fsp3) is 0.286. The summed E-state index contributed by atoms with van der Waals surface area (Å²) in [6.45, 7) is 1.10. The number of ketones is 1. The fourth-order valence-corrected chi connectivity index (χ4v) is 3.33. The van der Waals surface area contributed by atoms with Crippen molar-refractivity contribution in [2.45, 2.75) is 31.6 Å². The van der Waals surface area contributed by atoms with Crippen LogP contribution in [-0.2, 0) is 19.7 Å². The van der Waals surface area contributed by atoms with Crippen molar-refractivity contribution in [2.24, 2.45) is 0 Å². The van der Waals surface area contributed by atoms with Crippen LogP contribution in [0.4, 0.5) is 5.69 Å². The van der Waals surface area contributed by atoms with Crippen molar-refractivity contribution in [3.05, 3.63) is 64.7 Å². The number of rotatable bonds is 6. The lowest BCUT2D eigenvalue weighted by molar-refractivity contribution is -0.153. The Morgan fingerprint density at radius 3 is 2.19 bits per heavy atom. The van der Waals surface area contributed by atoms with Gasteiger partial charge in [0.05, 0.1) is 5.41 Å². The summed E-state index contributed by atoms with van der Waals surface area (Å²) in [6.07, 6.45) is 2.34. The largest absolute Gasteiger partial charge is 0.457 e. The minimum Gasteiger partial charge on any atom is -0.457 e. The molecule has 0 atom stereocenters. The predicted octanol–water partition coefficient (Wildman–Crippen LogP) is 4.15. The minimum atomic E-state index is -0.680. The van der Waals surface area contributed by atoms with Crippen LogP contribution in [0.5, 0.6) is 0 Å². The molecule has 0 bridgehead atoms. The van der Waals surface area contributed by atoms with Crippen LogP contribution in [0.1, 0.15) is 42.1 Å². The molecule has 0 unspecified atom stereocenters. The summed E-state index contributed by atoms with van der Waals surface area (Å²) in [5, 5.41) is 3.24. The van der Waals surface area contributed by atoms with Crippen molar-refractivity contribution in [1.82, 2.24) is 0 Å². The van der Waals surface area contributed by atoms with E-state index in [-0.39, 0.29) is 24.3 Å². The number of benzene rings is 2. The van der Waals surface area contributed by atoms with E-state index in [0.717, 1.165) is 12.0 Å². The SMILES string of the molecule is CC(=O)Nc1ccc(C(=O)COC(=O)C2(c3ccc(Cl)cc3)CCC2)cc1. The molecule has 2 aromatic rings. The Morgan fingerprint density at radius 2 is 1.67 bits per heavy atom. The third-order valence-corrected chi connectivity index (χ3v) is 5.11. The topological polar surface area (TPSA) is 72.5 Å². The van der Waals surface area contributed by atoms with Crippen LogP contribution in [0, 0.1) is 0 Å². The van der Waals surface area contributed by atoms with Gasteiger partial charge in [0, 0.05) is 23.2 Å². The molecule has 0 spiro atoms. The summed E-state index contributed by atoms with van der Waals surface area (Å²) < 4.78 is 5.35. The number of hydrogen-bond acceptors (Lipinski definition) is 4. The van der Waals surface area contributed by atoms with Gasteiger partial charge >= 0.3 is 5.97 Å². The van der Waals surface area contributed by atoms with Gasteiger partial charge in [0.15, 0.2) is 12.4 Å². The Bertz CT molecular complexity index is 855. The molecule has 0 heterocycles. The number of esters is 1. The van der Waals surface area contributed by atoms with Gasteiger partial charge in [-0.25, -0.2) is 0 Å². The van der Waals surface area contributed by atoms with Crippen molar-refractivity contribution in [3.8, 4) is 0 Å². The highest BCUT2D eigenvalue weighted by Crippen LogP contribution is 2.45. The van der Waals surface area contributed by atoms with Gasteiger partial charge in [-0.15, -0.1) is 0 Å². The molecule has 27 heavy (non-hydrogen) atoms. The summed E-state index contributed by atoms with van der Waals surface area (Å²) >= 11 is 5.93. The molecular formula is C21H20ClNO4. The minimum absolute atomic E-state index is 0.184. The molecule has 1 N–H and O–H groups in total. The molecule has 140 valence electrons. The second-order valence-electron chi connectivity index (χ2n) is 6.70. The first-order valence-corrected chi connectivity index (χ1v) is 9.13. The quantitative estimate of drug-likeness (QED) is 0.599. The maximum atomic E-state index is 12.7. The molecule has 1 aliphatic rings. The number of anilines is 1. The van der Waals surface area contributed by atoms with E-state index in [2.05, 4.69) is 5.32 Å². The number of ether oxygens (including phenoxy) is 1. The standard InChI is InChI=1S/C21H20ClNO4/c1-14(24)23-18-9-3-15(4-10-18)19(25)13-27-20(26)21(11-2-12-21)16-5-7-17(22)8-6-16/h3-10H,2,11-13H2,1H3,(H,23,24). The summed E-state index contributed by atoms with van der Waals surface area (Å²) in [4.78, 5) is 36.0. The smallest absolute Gasteiger partial charge is 0.317 e. The normalized spacial score (nSPS) is 14.7. The van der Waals surface area contributed by atoms with Crippen molar-refractivity contribution >= 4 is 34.9 Å². The van der Waals surface area contributed by atoms with E-state index >= 15 is 0 Å². The first-order valence-electron chi connectivity index (χ1n) is 8.75. The van der Waals surface area contributed by atoms with Crippen molar-refractivity contribution in [3.63, 3.8) is 0 Å². The average Bonchev–Trinajstić information content (AvgIpc) is 2.60. The summed E-state index contributed by atoms with van der Waals surface area (Å²) in [5.41, 5.74) is 1.22. The predicted molar refractivity (Wildman–Crippen MR) is 103 cm³/mol. The molecule has 5 nitrogen and oxygen atoms in total. The highest BCUT2D eigenvalue weighted by Gasteiger charge is 2.47. The van der Waals surface area contributed by atoms with Crippen LogP contribution in [-0.4, -0.2) is 24.3 Å². The number of amides is 1. The van der Waals surface area contributed by atoms with Crippen LogP contribution < -0.4 is 5.32 Å². The van der Waals surface area contributed by atoms with Crippen LogP contribution in [0.2, 0.25) is 5.02 Å². The van der Waals surface area contributed by atoms with E-state index in [1.165, 1.54) is 6.92 Å². The third-order valence-electron chi connectivity index (χ3n) is 4.86. The third kappa shape index (κ3) is 4.19. The summed E-state index contributed by atoms with van der Waals surface area (Å²) in [6, 6.07) is 13.7. The highest BCUT2D eigenvalue weighted by atomic mass is 35.5. The number of nitrogens with one attached hydrogen (secondary N) is 1. The molecule has 0 aliphatic heterocycles. The van der Waals surface area contributed by atoms with Crippen molar-refractivity contribution < 1.29 is 19.1 Å². The molecule has 3 rings (SSSR count). The van der Waals surface area contributed by atoms with Crippen LogP contribution in [0.15, 0.2) is 48.5 Å². The molecular weight excluding hydrogens is 366 g/mol. The number of carbonyl (C=O) groups excluding carboxylic acids is 3. The van der Waals surface area contributed by atoms with E-state index in [1.54, 1.807) is 36.4 Å². The van der Waals surface area contributed by atoms with Crippen LogP contribution in [0.25, 0.3) is 0 Å². The van der Waals surface area contributed by atoms with Gasteiger partial charge in [-0.1, -0.05) is 30.2 Å². The molecule has 0 radical (unpaired) electrons. The Kier molecular flexibility index (Phi) is 5.61. The van der Waals surface area contributed by atoms with Gasteiger partial charge in [0.2, 0.25) is 5.91 Å². The number of halogens is 1. The zero-order valence-electron chi connectivity index (χ0n) is 15.0. The molecule has 2 aromatic carbocycles. The van der Waals surface area contributed by atoms with Gasteiger partial charge in [0.25, 0.3) is 0 Å². The maximum Gasteiger partial charge on any atom is 0.317 e. The maximum absolute atomic E-state index is 12.7. The molecule has 1 aliphatic carbocycles. The highest BCUT2D eigenvalue weighted by molar-refractivity contribution is 6.30. The van der Waals surface area contributed by atoms with Gasteiger partial charge in [-0.2, -0.15) is 0 Å². The van der Waals surface area contributed by atoms with Crippen LogP contribution >= 0.6 is 11.6 Å². The number of hydrogen-bond donors (Lipinski definition) is 1. The summed E-state index contributed by atoms with van der Waals surface area (Å²) in [7, 11) is 0. The number of Topliss-reactive ketones (excluding diaryl/α,β-unsaturated/α-hetero) is 1. The van der Waals surface area contributed by atoms with E-state index in [9.17, 15) is 14.4 Å². The monoisotopic (exact) mass is 385 g/mol. The summed E-state index contributed by atoms with van der Waals surface area (Å²) in [5.74, 6) is -0.849. The Labute approximate surface area is 162 Å². The van der Waals surface area contributed by atoms with E-state index in [0.29, 0.717) is 29.1 Å². The lowest BCUT2D eigenvalue weighted by Gasteiger charge is -2.39.